The van der Waals surface area contributed by atoms with Gasteiger partial charge in [-0.05, 0) is 12.5 Å². The third kappa shape index (κ3) is 6.78. The molecule has 0 rings (SSSR count). The van der Waals surface area contributed by atoms with Gasteiger partial charge in [-0.15, -0.1) is 0 Å². The van der Waals surface area contributed by atoms with Crippen molar-refractivity contribution in [1.29, 1.82) is 0 Å². The molecule has 13 heavy (non-hydrogen) atoms. The molecule has 0 fully saturated rings. The predicted octanol–water partition coefficient (Wildman–Crippen LogP) is -3.43. The molecule has 7 heteroatoms. The largest absolute Gasteiger partial charge is 1.00 e. The van der Waals surface area contributed by atoms with E-state index in [1.165, 1.54) is 6.92 Å². The Hall–Kier alpha value is 0.756. The first-order chi connectivity index (χ1) is 5.41. The van der Waals surface area contributed by atoms with E-state index < -0.39 is 21.4 Å². The van der Waals surface area contributed by atoms with Crippen LogP contribution in [0.3, 0.4) is 0 Å². The maximum atomic E-state index is 10.6. The normalized spacial score (nSPS) is 12.5. The molecule has 0 spiro atoms. The molecule has 1 atom stereocenters. The van der Waals surface area contributed by atoms with Crippen LogP contribution in [0.15, 0.2) is 12.7 Å². The number of hydrogen-bond acceptors (Lipinski definition) is 4. The van der Waals surface area contributed by atoms with Gasteiger partial charge >= 0.3 is 51.4 Å². The van der Waals surface area contributed by atoms with Gasteiger partial charge in [0.1, 0.15) is 15.5 Å². The van der Waals surface area contributed by atoms with Crippen LogP contribution in [0, 0.1) is 0 Å². The fraction of sp³-hybridized carbons (Fsp3) is 0.500. The zero-order valence-corrected chi connectivity index (χ0v) is 11.5. The molecule has 0 aromatic carbocycles. The number of carbonyl (C=O) groups excluding carboxylic acids is 1. The summed E-state index contributed by atoms with van der Waals surface area (Å²) in [7, 11) is -4.45. The van der Waals surface area contributed by atoms with E-state index in [2.05, 4.69) is 6.58 Å². The monoisotopic (exact) mass is 231 g/mol. The van der Waals surface area contributed by atoms with Gasteiger partial charge in [0.2, 0.25) is 5.91 Å². The first-order valence-electron chi connectivity index (χ1n) is 3.29. The van der Waals surface area contributed by atoms with Crippen molar-refractivity contribution in [2.45, 2.75) is 18.7 Å². The Morgan fingerprint density at radius 3 is 2.38 bits per heavy atom. The first kappa shape index (κ1) is 16.2. The van der Waals surface area contributed by atoms with E-state index in [9.17, 15) is 17.8 Å². The first-order valence-corrected chi connectivity index (χ1v) is 4.76. The summed E-state index contributed by atoms with van der Waals surface area (Å²) >= 11 is 0. The molecule has 1 unspecified atom stereocenters. The molecular formula is C6H10KNO4S. The summed E-state index contributed by atoms with van der Waals surface area (Å²) in [5.41, 5.74) is 0. The zero-order chi connectivity index (χ0) is 9.78. The van der Waals surface area contributed by atoms with Crippen molar-refractivity contribution >= 4 is 16.0 Å². The van der Waals surface area contributed by atoms with Crippen LogP contribution in [0.4, 0.5) is 0 Å². The topological polar surface area (TPSA) is 86.3 Å². The summed E-state index contributed by atoms with van der Waals surface area (Å²) in [5.74, 6) is -0.665. The van der Waals surface area contributed by atoms with Gasteiger partial charge in [-0.3, -0.25) is 4.79 Å². The molecule has 0 aliphatic heterocycles. The van der Waals surface area contributed by atoms with Crippen LogP contribution < -0.4 is 56.7 Å². The maximum Gasteiger partial charge on any atom is 1.00 e. The second-order valence-electron chi connectivity index (χ2n) is 2.10. The Morgan fingerprint density at radius 2 is 2.15 bits per heavy atom. The number of carbonyl (C=O) groups is 1. The number of hydrogen-bond donors (Lipinski definition) is 1. The predicted molar refractivity (Wildman–Crippen MR) is 42.1 cm³/mol. The molecule has 0 saturated carbocycles. The van der Waals surface area contributed by atoms with Crippen LogP contribution >= 0.6 is 0 Å². The van der Waals surface area contributed by atoms with Crippen LogP contribution in [0.2, 0.25) is 0 Å². The minimum Gasteiger partial charge on any atom is -0.746 e. The van der Waals surface area contributed by atoms with E-state index in [0.717, 1.165) is 6.08 Å². The SMILES string of the molecule is C=CC(=O)NC(CC)S(=O)(=O)[O-].[K+]. The van der Waals surface area contributed by atoms with E-state index in [1.54, 1.807) is 0 Å². The molecule has 0 aliphatic carbocycles. The Kier molecular flexibility index (Phi) is 8.85. The van der Waals surface area contributed by atoms with Crippen molar-refractivity contribution in [3.05, 3.63) is 12.7 Å². The molecule has 0 bridgehead atoms. The third-order valence-electron chi connectivity index (χ3n) is 1.21. The number of nitrogens with one attached hydrogen (secondary N) is 1. The van der Waals surface area contributed by atoms with Gasteiger partial charge in [0.15, 0.2) is 0 Å². The van der Waals surface area contributed by atoms with Gasteiger partial charge in [-0.25, -0.2) is 8.42 Å². The summed E-state index contributed by atoms with van der Waals surface area (Å²) in [6, 6.07) is 0. The minimum atomic E-state index is -4.45. The van der Waals surface area contributed by atoms with Gasteiger partial charge in [-0.2, -0.15) is 0 Å². The average Bonchev–Trinajstić information content (AvgIpc) is 1.97. The van der Waals surface area contributed by atoms with E-state index in [-0.39, 0.29) is 57.8 Å². The van der Waals surface area contributed by atoms with Crippen LogP contribution in [0.5, 0.6) is 0 Å². The molecular weight excluding hydrogens is 221 g/mol. The summed E-state index contributed by atoms with van der Waals surface area (Å²) in [6.45, 7) is 4.61. The Bertz CT molecular complexity index is 274. The zero-order valence-electron chi connectivity index (χ0n) is 7.61. The summed E-state index contributed by atoms with van der Waals surface area (Å²) < 4.78 is 31.2. The number of amides is 1. The van der Waals surface area contributed by atoms with Gasteiger partial charge in [0, 0.05) is 0 Å². The van der Waals surface area contributed by atoms with Crippen LogP contribution in [-0.2, 0) is 14.9 Å². The summed E-state index contributed by atoms with van der Waals surface area (Å²) in [5, 5.41) is 0.641. The molecule has 0 aliphatic rings. The molecule has 0 heterocycles. The second kappa shape index (κ2) is 7.10. The molecule has 5 nitrogen and oxygen atoms in total. The molecule has 0 radical (unpaired) electrons. The van der Waals surface area contributed by atoms with E-state index >= 15 is 0 Å². The van der Waals surface area contributed by atoms with Crippen molar-refractivity contribution in [2.24, 2.45) is 0 Å². The minimum absolute atomic E-state index is 0. The van der Waals surface area contributed by atoms with Crippen molar-refractivity contribution < 1.29 is 69.1 Å². The van der Waals surface area contributed by atoms with Crippen molar-refractivity contribution in [1.82, 2.24) is 5.32 Å². The summed E-state index contributed by atoms with van der Waals surface area (Å²) in [4.78, 5) is 10.6. The molecule has 0 saturated heterocycles. The van der Waals surface area contributed by atoms with Gasteiger partial charge in [0.05, 0.1) is 0 Å². The fourth-order valence-corrected chi connectivity index (χ4v) is 1.26. The van der Waals surface area contributed by atoms with Crippen LogP contribution in [-0.4, -0.2) is 24.3 Å². The summed E-state index contributed by atoms with van der Waals surface area (Å²) in [6.07, 6.45) is 0.958. The number of rotatable bonds is 4. The Balaban J connectivity index is 0. The van der Waals surface area contributed by atoms with Crippen molar-refractivity contribution in [3.63, 3.8) is 0 Å². The molecule has 70 valence electrons. The fourth-order valence-electron chi connectivity index (χ4n) is 0.596. The standard InChI is InChI=1S/C6H11NO4S.K/c1-3-5(8)7-6(4-2)12(9,10)11;/h3,6H,1,4H2,2H3,(H,7,8)(H,9,10,11);/q;+1/p-1. The molecule has 1 amide bonds. The van der Waals surface area contributed by atoms with Gasteiger partial charge < -0.3 is 9.87 Å². The second-order valence-corrected chi connectivity index (χ2v) is 3.66. The van der Waals surface area contributed by atoms with Gasteiger partial charge in [-0.1, -0.05) is 13.5 Å². The van der Waals surface area contributed by atoms with E-state index in [1.807, 2.05) is 5.32 Å². The Labute approximate surface area is 120 Å². The van der Waals surface area contributed by atoms with Crippen LogP contribution in [0.1, 0.15) is 13.3 Å². The molecule has 0 aromatic rings. The maximum absolute atomic E-state index is 10.6. The van der Waals surface area contributed by atoms with Crippen molar-refractivity contribution in [3.8, 4) is 0 Å². The Morgan fingerprint density at radius 1 is 1.69 bits per heavy atom. The van der Waals surface area contributed by atoms with Crippen molar-refractivity contribution in [2.75, 3.05) is 0 Å². The molecule has 1 N–H and O–H groups in total. The van der Waals surface area contributed by atoms with Crippen LogP contribution in [0.25, 0.3) is 0 Å². The molecule has 0 aromatic heterocycles. The van der Waals surface area contributed by atoms with E-state index in [0.29, 0.717) is 0 Å². The van der Waals surface area contributed by atoms with E-state index in [4.69, 9.17) is 0 Å². The average molecular weight is 231 g/mol. The third-order valence-corrected chi connectivity index (χ3v) is 2.36. The quantitative estimate of drug-likeness (QED) is 0.310. The van der Waals surface area contributed by atoms with Gasteiger partial charge in [0.25, 0.3) is 0 Å². The smallest absolute Gasteiger partial charge is 0.746 e.